The molecule has 116 valence electrons. The highest BCUT2D eigenvalue weighted by molar-refractivity contribution is 6.30. The molecule has 1 aliphatic heterocycles. The maximum Gasteiger partial charge on any atom is 0.286 e. The highest BCUT2D eigenvalue weighted by Gasteiger charge is 2.22. The second-order valence-electron chi connectivity index (χ2n) is 5.11. The summed E-state index contributed by atoms with van der Waals surface area (Å²) in [5.74, 6) is -0.745. The number of pyridine rings is 1. The molecule has 0 atom stereocenters. The molecule has 1 aliphatic rings. The predicted octanol–water partition coefficient (Wildman–Crippen LogP) is 1.40. The van der Waals surface area contributed by atoms with E-state index in [0.29, 0.717) is 42.4 Å². The average molecular weight is 323 g/mol. The summed E-state index contributed by atoms with van der Waals surface area (Å²) in [6, 6.07) is 3.31. The minimum absolute atomic E-state index is 0.125. The van der Waals surface area contributed by atoms with E-state index in [-0.39, 0.29) is 11.8 Å². The summed E-state index contributed by atoms with van der Waals surface area (Å²) in [5.41, 5.74) is 5.88. The Morgan fingerprint density at radius 3 is 2.82 bits per heavy atom. The van der Waals surface area contributed by atoms with Crippen LogP contribution >= 0.6 is 11.6 Å². The lowest BCUT2D eigenvalue weighted by Gasteiger charge is -2.21. The summed E-state index contributed by atoms with van der Waals surface area (Å²) in [4.78, 5) is 30.8. The van der Waals surface area contributed by atoms with Crippen molar-refractivity contribution >= 4 is 34.3 Å². The first-order valence-corrected chi connectivity index (χ1v) is 7.33. The molecule has 0 aromatic carbocycles. The van der Waals surface area contributed by atoms with Crippen LogP contribution in [0.1, 0.15) is 23.3 Å². The van der Waals surface area contributed by atoms with Crippen molar-refractivity contribution < 1.29 is 14.3 Å². The molecule has 7 nitrogen and oxygen atoms in total. The number of amides is 2. The van der Waals surface area contributed by atoms with Gasteiger partial charge in [-0.1, -0.05) is 11.6 Å². The van der Waals surface area contributed by atoms with Gasteiger partial charge < -0.3 is 9.72 Å². The van der Waals surface area contributed by atoms with E-state index in [1.165, 1.54) is 0 Å². The van der Waals surface area contributed by atoms with E-state index in [2.05, 4.69) is 20.8 Å². The smallest absolute Gasteiger partial charge is 0.286 e. The fourth-order valence-electron chi connectivity index (χ4n) is 2.37. The van der Waals surface area contributed by atoms with Gasteiger partial charge in [0.15, 0.2) is 0 Å². The van der Waals surface area contributed by atoms with Gasteiger partial charge in [-0.25, -0.2) is 4.98 Å². The molecule has 1 fully saturated rings. The Bertz CT molecular complexity index is 709. The Balaban J connectivity index is 1.61. The van der Waals surface area contributed by atoms with Crippen LogP contribution in [0.2, 0.25) is 5.15 Å². The lowest BCUT2D eigenvalue weighted by Crippen LogP contribution is -2.45. The first-order valence-electron chi connectivity index (χ1n) is 6.95. The number of aromatic nitrogens is 2. The molecule has 0 radical (unpaired) electrons. The lowest BCUT2D eigenvalue weighted by molar-refractivity contribution is -0.128. The zero-order valence-electron chi connectivity index (χ0n) is 11.7. The van der Waals surface area contributed by atoms with Gasteiger partial charge in [-0.3, -0.25) is 20.4 Å². The van der Waals surface area contributed by atoms with Gasteiger partial charge in [0.2, 0.25) is 5.91 Å². The third-order valence-corrected chi connectivity index (χ3v) is 3.81. The van der Waals surface area contributed by atoms with Crippen LogP contribution in [0.15, 0.2) is 18.3 Å². The van der Waals surface area contributed by atoms with E-state index >= 15 is 0 Å². The van der Waals surface area contributed by atoms with Gasteiger partial charge in [0.05, 0.1) is 11.7 Å². The molecule has 3 rings (SSSR count). The molecule has 2 amide bonds. The number of fused-ring (bicyclic) bond motifs is 1. The summed E-state index contributed by atoms with van der Waals surface area (Å²) >= 11 is 5.80. The molecule has 3 N–H and O–H groups in total. The number of hydrazine groups is 1. The largest absolute Gasteiger partial charge is 0.381 e. The summed E-state index contributed by atoms with van der Waals surface area (Å²) in [6.45, 7) is 1.14. The van der Waals surface area contributed by atoms with Gasteiger partial charge in [0.25, 0.3) is 5.91 Å². The van der Waals surface area contributed by atoms with E-state index in [1.54, 1.807) is 18.3 Å². The number of carbonyl (C=O) groups is 2. The number of aromatic amines is 1. The van der Waals surface area contributed by atoms with Crippen molar-refractivity contribution in [3.8, 4) is 0 Å². The van der Waals surface area contributed by atoms with E-state index in [0.717, 1.165) is 5.39 Å². The van der Waals surface area contributed by atoms with Crippen LogP contribution in [0.3, 0.4) is 0 Å². The van der Waals surface area contributed by atoms with Crippen LogP contribution in [-0.2, 0) is 9.53 Å². The quantitative estimate of drug-likeness (QED) is 0.575. The topological polar surface area (TPSA) is 96.1 Å². The first-order chi connectivity index (χ1) is 10.6. The third kappa shape index (κ3) is 3.20. The maximum absolute atomic E-state index is 12.1. The minimum atomic E-state index is -0.423. The Labute approximate surface area is 131 Å². The highest BCUT2D eigenvalue weighted by Crippen LogP contribution is 2.18. The Hall–Kier alpha value is -2.12. The normalized spacial score (nSPS) is 15.7. The molecular weight excluding hydrogens is 308 g/mol. The number of nitrogens with zero attached hydrogens (tertiary/aromatic N) is 1. The molecule has 3 heterocycles. The summed E-state index contributed by atoms with van der Waals surface area (Å²) in [7, 11) is 0. The molecule has 0 bridgehead atoms. The highest BCUT2D eigenvalue weighted by atomic mass is 35.5. The van der Waals surface area contributed by atoms with Crippen molar-refractivity contribution in [2.45, 2.75) is 12.8 Å². The molecule has 0 unspecified atom stereocenters. The Kier molecular flexibility index (Phi) is 4.26. The second kappa shape index (κ2) is 6.33. The van der Waals surface area contributed by atoms with Gasteiger partial charge in [0, 0.05) is 24.5 Å². The Morgan fingerprint density at radius 2 is 2.05 bits per heavy atom. The first kappa shape index (κ1) is 14.8. The van der Waals surface area contributed by atoms with E-state index < -0.39 is 5.91 Å². The van der Waals surface area contributed by atoms with Crippen LogP contribution in [0.5, 0.6) is 0 Å². The molecule has 22 heavy (non-hydrogen) atoms. The van der Waals surface area contributed by atoms with Crippen molar-refractivity contribution in [3.63, 3.8) is 0 Å². The van der Waals surface area contributed by atoms with Crippen LogP contribution in [-0.4, -0.2) is 35.0 Å². The van der Waals surface area contributed by atoms with E-state index in [9.17, 15) is 9.59 Å². The van der Waals surface area contributed by atoms with Gasteiger partial charge in [-0.2, -0.15) is 0 Å². The van der Waals surface area contributed by atoms with Gasteiger partial charge in [-0.15, -0.1) is 0 Å². The standard InChI is InChI=1S/C14H15ClN4O3/c15-12-6-9-5-10(17-11(9)7-16-12)14(21)19-18-13(20)8-1-3-22-4-2-8/h5-8,17H,1-4H2,(H,18,20)(H,19,21). The number of halogens is 1. The summed E-state index contributed by atoms with van der Waals surface area (Å²) < 4.78 is 5.20. The van der Waals surface area contributed by atoms with E-state index in [1.807, 2.05) is 0 Å². The average Bonchev–Trinajstić information content (AvgIpc) is 2.96. The number of H-pyrrole nitrogens is 1. The number of ether oxygens (including phenoxy) is 1. The number of hydrogen-bond donors (Lipinski definition) is 3. The molecule has 0 saturated carbocycles. The zero-order chi connectivity index (χ0) is 15.5. The molecule has 0 aliphatic carbocycles. The number of nitrogens with one attached hydrogen (secondary N) is 3. The minimum Gasteiger partial charge on any atom is -0.381 e. The fraction of sp³-hybridized carbons (Fsp3) is 0.357. The molecule has 2 aromatic rings. The number of hydrogen-bond acceptors (Lipinski definition) is 4. The molecule has 8 heteroatoms. The van der Waals surface area contributed by atoms with Crippen molar-refractivity contribution in [1.82, 2.24) is 20.8 Å². The number of rotatable bonds is 2. The fourth-order valence-corrected chi connectivity index (χ4v) is 2.54. The third-order valence-electron chi connectivity index (χ3n) is 3.61. The Morgan fingerprint density at radius 1 is 1.27 bits per heavy atom. The molecule has 1 saturated heterocycles. The zero-order valence-corrected chi connectivity index (χ0v) is 12.4. The second-order valence-corrected chi connectivity index (χ2v) is 5.49. The molecule has 0 spiro atoms. The molecular formula is C14H15ClN4O3. The maximum atomic E-state index is 12.1. The number of carbonyl (C=O) groups excluding carboxylic acids is 2. The van der Waals surface area contributed by atoms with Gasteiger partial charge >= 0.3 is 0 Å². The van der Waals surface area contributed by atoms with Crippen LogP contribution in [0, 0.1) is 5.92 Å². The van der Waals surface area contributed by atoms with Gasteiger partial charge in [0.1, 0.15) is 10.8 Å². The summed E-state index contributed by atoms with van der Waals surface area (Å²) in [6.07, 6.45) is 2.88. The SMILES string of the molecule is O=C(NNC(=O)C1CCOCC1)c1cc2cc(Cl)ncc2[nH]1. The van der Waals surface area contributed by atoms with Crippen LogP contribution in [0.25, 0.3) is 10.9 Å². The predicted molar refractivity (Wildman–Crippen MR) is 80.3 cm³/mol. The molecule has 2 aromatic heterocycles. The lowest BCUT2D eigenvalue weighted by atomic mass is 10.00. The van der Waals surface area contributed by atoms with Crippen LogP contribution < -0.4 is 10.9 Å². The van der Waals surface area contributed by atoms with Crippen molar-refractivity contribution in [2.24, 2.45) is 5.92 Å². The van der Waals surface area contributed by atoms with E-state index in [4.69, 9.17) is 16.3 Å². The van der Waals surface area contributed by atoms with Crippen molar-refractivity contribution in [2.75, 3.05) is 13.2 Å². The van der Waals surface area contributed by atoms with Crippen molar-refractivity contribution in [1.29, 1.82) is 0 Å². The summed E-state index contributed by atoms with van der Waals surface area (Å²) in [5, 5.41) is 1.13. The van der Waals surface area contributed by atoms with Crippen molar-refractivity contribution in [3.05, 3.63) is 29.2 Å². The monoisotopic (exact) mass is 322 g/mol. The van der Waals surface area contributed by atoms with Crippen LogP contribution in [0.4, 0.5) is 0 Å². The van der Waals surface area contributed by atoms with Gasteiger partial charge in [-0.05, 0) is 25.0 Å².